The lowest BCUT2D eigenvalue weighted by molar-refractivity contribution is -0.240. The zero-order valence-corrected chi connectivity index (χ0v) is 22.0. The summed E-state index contributed by atoms with van der Waals surface area (Å²) in [7, 11) is 0. The van der Waals surface area contributed by atoms with E-state index < -0.39 is 48.4 Å². The van der Waals surface area contributed by atoms with Crippen LogP contribution in [0, 0.1) is 11.3 Å². The van der Waals surface area contributed by atoms with E-state index in [1.807, 2.05) is 27.7 Å². The van der Waals surface area contributed by atoms with Gasteiger partial charge in [-0.25, -0.2) is 4.79 Å². The van der Waals surface area contributed by atoms with Gasteiger partial charge in [0.2, 0.25) is 5.91 Å². The Morgan fingerprint density at radius 2 is 1.65 bits per heavy atom. The van der Waals surface area contributed by atoms with E-state index in [1.165, 1.54) is 0 Å². The Kier molecular flexibility index (Phi) is 7.39. The minimum atomic E-state index is -0.813. The Hall–Kier alpha value is -2.01. The first kappa shape index (κ1) is 26.6. The second kappa shape index (κ2) is 10.3. The second-order valence-electron chi connectivity index (χ2n) is 11.3. The fourth-order valence-electron chi connectivity index (χ4n) is 5.87. The van der Waals surface area contributed by atoms with E-state index in [0.29, 0.717) is 32.5 Å². The summed E-state index contributed by atoms with van der Waals surface area (Å²) >= 11 is 0. The summed E-state index contributed by atoms with van der Waals surface area (Å²) in [5, 5.41) is 12.5. The van der Waals surface area contributed by atoms with Gasteiger partial charge < -0.3 is 43.5 Å². The summed E-state index contributed by atoms with van der Waals surface area (Å²) in [4.78, 5) is 28.6. The number of likely N-dealkylation sites (tertiary alicyclic amines) is 2. The smallest absolute Gasteiger partial charge is 0.409 e. The highest BCUT2D eigenvalue weighted by Crippen LogP contribution is 2.44. The summed E-state index contributed by atoms with van der Waals surface area (Å²) in [5.41, 5.74) is 0. The molecule has 1 N–H and O–H groups in total. The van der Waals surface area contributed by atoms with Crippen LogP contribution >= 0.6 is 0 Å². The summed E-state index contributed by atoms with van der Waals surface area (Å²) in [6.45, 7) is 9.22. The first-order valence-electron chi connectivity index (χ1n) is 13.3. The molecule has 12 heteroatoms. The van der Waals surface area contributed by atoms with E-state index in [1.54, 1.807) is 9.80 Å². The van der Waals surface area contributed by atoms with Crippen molar-refractivity contribution in [3.05, 3.63) is 0 Å². The molecule has 5 heterocycles. The van der Waals surface area contributed by atoms with E-state index >= 15 is 0 Å². The minimum absolute atomic E-state index is 0.00895. The van der Waals surface area contributed by atoms with Crippen LogP contribution in [-0.2, 0) is 33.2 Å². The molecule has 5 fully saturated rings. The van der Waals surface area contributed by atoms with E-state index in [2.05, 4.69) is 11.4 Å². The van der Waals surface area contributed by atoms with Crippen LogP contribution in [0.1, 0.15) is 53.4 Å². The Balaban J connectivity index is 1.08. The number of ether oxygens (including phenoxy) is 6. The van der Waals surface area contributed by atoms with Crippen molar-refractivity contribution in [2.24, 2.45) is 0 Å². The molecular formula is C25H38N4O8. The van der Waals surface area contributed by atoms with Crippen molar-refractivity contribution in [1.29, 1.82) is 5.26 Å². The van der Waals surface area contributed by atoms with Crippen LogP contribution in [0.4, 0.5) is 4.79 Å². The predicted molar refractivity (Wildman–Crippen MR) is 127 cm³/mol. The van der Waals surface area contributed by atoms with Crippen LogP contribution in [0.2, 0.25) is 0 Å². The van der Waals surface area contributed by atoms with Gasteiger partial charge in [-0.15, -0.1) is 0 Å². The highest BCUT2D eigenvalue weighted by atomic mass is 16.9. The maximum atomic E-state index is 12.8. The number of nitrogens with one attached hydrogen (secondary N) is 1. The van der Waals surface area contributed by atoms with Gasteiger partial charge in [-0.3, -0.25) is 4.79 Å². The number of carbonyl (C=O) groups is 2. The van der Waals surface area contributed by atoms with Gasteiger partial charge in [0.1, 0.15) is 37.1 Å². The topological polar surface area (TPSA) is 132 Å². The van der Waals surface area contributed by atoms with Crippen LogP contribution in [-0.4, -0.2) is 109 Å². The molecule has 0 aliphatic carbocycles. The Morgan fingerprint density at radius 1 is 0.973 bits per heavy atom. The number of fused-ring (bicyclic) bond motifs is 3. The van der Waals surface area contributed by atoms with E-state index in [-0.39, 0.29) is 31.1 Å². The van der Waals surface area contributed by atoms with Crippen LogP contribution in [0.25, 0.3) is 0 Å². The van der Waals surface area contributed by atoms with Gasteiger partial charge in [0.25, 0.3) is 0 Å². The molecule has 12 nitrogen and oxygen atoms in total. The molecule has 6 atom stereocenters. The lowest BCUT2D eigenvalue weighted by Crippen LogP contribution is -2.56. The van der Waals surface area contributed by atoms with Gasteiger partial charge in [0, 0.05) is 25.7 Å². The molecule has 206 valence electrons. The van der Waals surface area contributed by atoms with Crippen molar-refractivity contribution in [2.75, 3.05) is 32.8 Å². The second-order valence-corrected chi connectivity index (χ2v) is 11.3. The standard InChI is InChI=1S/C25H38N4O8/c1-24(2)34-19-17(33-22-21(20(19)35-24)36-25(3,4)37-22)14-32-23(31)28-10-7-15(8-11-28)27-13-18(30)29-9-5-6-16(29)12-26/h15-17,19-22,27H,5-11,13-14H2,1-4H3/t16-,17+,19-,20-,21+,22+/m0/s1. The number of rotatable bonds is 5. The normalized spacial score (nSPS) is 36.6. The fourth-order valence-corrected chi connectivity index (χ4v) is 5.87. The van der Waals surface area contributed by atoms with Gasteiger partial charge in [0.15, 0.2) is 17.9 Å². The van der Waals surface area contributed by atoms with Crippen molar-refractivity contribution in [2.45, 2.75) is 108 Å². The van der Waals surface area contributed by atoms with Crippen molar-refractivity contribution in [3.8, 4) is 6.07 Å². The molecule has 0 spiro atoms. The molecule has 0 aromatic rings. The van der Waals surface area contributed by atoms with Crippen molar-refractivity contribution >= 4 is 12.0 Å². The van der Waals surface area contributed by atoms with Gasteiger partial charge in [-0.2, -0.15) is 5.26 Å². The SMILES string of the molecule is CC1(C)O[C@H]2[C@@H](O1)[C@@H](COC(=O)N1CCC(NCC(=O)N3CCC[C@H]3C#N)CC1)O[C@@H]1OC(C)(C)O[C@@H]12. The maximum absolute atomic E-state index is 12.8. The molecule has 0 aromatic carbocycles. The highest BCUT2D eigenvalue weighted by Gasteiger charge is 2.60. The average molecular weight is 523 g/mol. The van der Waals surface area contributed by atoms with Crippen LogP contribution in [0.15, 0.2) is 0 Å². The third-order valence-corrected chi connectivity index (χ3v) is 7.64. The number of amides is 2. The van der Waals surface area contributed by atoms with Gasteiger partial charge in [-0.05, 0) is 53.4 Å². The lowest BCUT2D eigenvalue weighted by Gasteiger charge is -2.37. The Labute approximate surface area is 217 Å². The van der Waals surface area contributed by atoms with Crippen molar-refractivity contribution in [1.82, 2.24) is 15.1 Å². The largest absolute Gasteiger partial charge is 0.447 e. The molecule has 0 aromatic heterocycles. The number of hydrogen-bond acceptors (Lipinski definition) is 10. The van der Waals surface area contributed by atoms with E-state index in [9.17, 15) is 14.9 Å². The summed E-state index contributed by atoms with van der Waals surface area (Å²) in [6, 6.07) is 2.02. The van der Waals surface area contributed by atoms with Crippen LogP contribution in [0.5, 0.6) is 0 Å². The summed E-state index contributed by atoms with van der Waals surface area (Å²) in [6.07, 6.45) is 0.165. The van der Waals surface area contributed by atoms with Gasteiger partial charge in [0.05, 0.1) is 12.6 Å². The van der Waals surface area contributed by atoms with Crippen molar-refractivity contribution in [3.63, 3.8) is 0 Å². The number of piperidine rings is 1. The molecule has 0 radical (unpaired) electrons. The average Bonchev–Trinajstić information content (AvgIpc) is 3.54. The molecule has 5 aliphatic rings. The molecule has 5 saturated heterocycles. The first-order valence-corrected chi connectivity index (χ1v) is 13.3. The zero-order chi connectivity index (χ0) is 26.4. The Morgan fingerprint density at radius 3 is 2.38 bits per heavy atom. The third-order valence-electron chi connectivity index (χ3n) is 7.64. The summed E-state index contributed by atoms with van der Waals surface area (Å²) < 4.78 is 35.8. The molecular weight excluding hydrogens is 484 g/mol. The van der Waals surface area contributed by atoms with Crippen LogP contribution < -0.4 is 5.32 Å². The molecule has 2 amide bonds. The van der Waals surface area contributed by atoms with Gasteiger partial charge >= 0.3 is 6.09 Å². The minimum Gasteiger partial charge on any atom is -0.447 e. The molecule has 5 aliphatic heterocycles. The number of nitriles is 1. The maximum Gasteiger partial charge on any atom is 0.409 e. The summed E-state index contributed by atoms with van der Waals surface area (Å²) in [5.74, 6) is -1.66. The number of hydrogen-bond donors (Lipinski definition) is 1. The molecule has 0 saturated carbocycles. The van der Waals surface area contributed by atoms with Gasteiger partial charge in [-0.1, -0.05) is 0 Å². The lowest BCUT2D eigenvalue weighted by atomic mass is 9.99. The third kappa shape index (κ3) is 5.72. The van der Waals surface area contributed by atoms with E-state index in [0.717, 1.165) is 12.8 Å². The molecule has 37 heavy (non-hydrogen) atoms. The molecule has 0 unspecified atom stereocenters. The first-order chi connectivity index (χ1) is 17.5. The molecule has 5 rings (SSSR count). The fraction of sp³-hybridized carbons (Fsp3) is 0.880. The predicted octanol–water partition coefficient (Wildman–Crippen LogP) is 1.09. The van der Waals surface area contributed by atoms with E-state index in [4.69, 9.17) is 28.4 Å². The number of nitrogens with zero attached hydrogens (tertiary/aromatic N) is 3. The zero-order valence-electron chi connectivity index (χ0n) is 22.0. The van der Waals surface area contributed by atoms with Crippen molar-refractivity contribution < 1.29 is 38.0 Å². The monoisotopic (exact) mass is 522 g/mol. The Bertz CT molecular complexity index is 915. The highest BCUT2D eigenvalue weighted by molar-refractivity contribution is 5.79. The molecule has 0 bridgehead atoms. The van der Waals surface area contributed by atoms with Crippen LogP contribution in [0.3, 0.4) is 0 Å². The number of carbonyl (C=O) groups excluding carboxylic acids is 2. The quantitative estimate of drug-likeness (QED) is 0.560.